The lowest BCUT2D eigenvalue weighted by molar-refractivity contribution is -0.129. The van der Waals surface area contributed by atoms with Gasteiger partial charge in [-0.1, -0.05) is 13.8 Å². The summed E-state index contributed by atoms with van der Waals surface area (Å²) in [6.45, 7) is 3.76. The first kappa shape index (κ1) is 13.4. The summed E-state index contributed by atoms with van der Waals surface area (Å²) >= 11 is 0. The van der Waals surface area contributed by atoms with Crippen molar-refractivity contribution in [2.24, 2.45) is 23.1 Å². The molecule has 0 aromatic heterocycles. The number of hydrogen-bond donors (Lipinski definition) is 4. The van der Waals surface area contributed by atoms with E-state index in [1.54, 1.807) is 0 Å². The molecule has 0 bridgehead atoms. The zero-order chi connectivity index (χ0) is 14.3. The molecule has 7 N–H and O–H groups in total. The molecule has 98 valence electrons. The van der Waals surface area contributed by atoms with Gasteiger partial charge in [-0.3, -0.25) is 14.4 Å². The monoisotopic (exact) mass is 245 g/mol. The van der Waals surface area contributed by atoms with E-state index in [2.05, 4.69) is 5.32 Å². The Bertz CT molecular complexity index is 322. The van der Waals surface area contributed by atoms with E-state index in [0.717, 1.165) is 0 Å². The first-order valence-corrected chi connectivity index (χ1v) is 5.33. The Morgan fingerprint density at radius 2 is 1.88 bits per heavy atom. The highest BCUT2D eigenvalue weighted by atomic mass is 16.2. The van der Waals surface area contributed by atoms with Gasteiger partial charge in [0.1, 0.15) is 7.45 Å². The molecule has 0 saturated carbocycles. The van der Waals surface area contributed by atoms with Crippen LogP contribution in [0.2, 0.25) is 1.41 Å². The number of primary amides is 2. The van der Waals surface area contributed by atoms with E-state index in [1.807, 2.05) is 19.6 Å². The summed E-state index contributed by atoms with van der Waals surface area (Å²) in [4.78, 5) is 33.5. The molecule has 0 aliphatic heterocycles. The first-order valence-electron chi connectivity index (χ1n) is 5.83. The van der Waals surface area contributed by atoms with Crippen molar-refractivity contribution >= 4 is 17.7 Å². The van der Waals surface area contributed by atoms with E-state index >= 15 is 0 Å². The van der Waals surface area contributed by atoms with Crippen molar-refractivity contribution in [3.8, 4) is 0 Å². The van der Waals surface area contributed by atoms with Crippen LogP contribution >= 0.6 is 0 Å². The van der Waals surface area contributed by atoms with Gasteiger partial charge in [0.05, 0.1) is 12.5 Å². The summed E-state index contributed by atoms with van der Waals surface area (Å²) in [5, 5.41) is 2.40. The summed E-state index contributed by atoms with van der Waals surface area (Å²) in [5.74, 6) is -1.84. The quantitative estimate of drug-likeness (QED) is 0.400. The molecule has 0 aliphatic rings. The second kappa shape index (κ2) is 6.85. The van der Waals surface area contributed by atoms with Gasteiger partial charge >= 0.3 is 0 Å². The number of rotatable bonds is 8. The summed E-state index contributed by atoms with van der Waals surface area (Å²) in [7, 11) is 0. The third kappa shape index (κ3) is 6.52. The van der Waals surface area contributed by atoms with Crippen LogP contribution in [0.25, 0.3) is 0 Å². The number of carbonyl (C=O) groups excluding carboxylic acids is 3. The topological polar surface area (TPSA) is 141 Å². The summed E-state index contributed by atoms with van der Waals surface area (Å²) in [5.41, 5.74) is 12.0. The lowest BCUT2D eigenvalue weighted by Gasteiger charge is -2.19. The van der Waals surface area contributed by atoms with Gasteiger partial charge in [0, 0.05) is 0 Å². The first-order chi connectivity index (χ1) is 8.27. The van der Waals surface area contributed by atoms with Gasteiger partial charge in [-0.2, -0.15) is 0 Å². The van der Waals surface area contributed by atoms with Crippen LogP contribution in [-0.4, -0.2) is 29.8 Å². The average Bonchev–Trinajstić information content (AvgIpc) is 2.23. The Balaban J connectivity index is 4.56. The van der Waals surface area contributed by atoms with Gasteiger partial charge in [0.15, 0.2) is 0 Å². The van der Waals surface area contributed by atoms with Crippen molar-refractivity contribution in [3.63, 3.8) is 0 Å². The molecule has 7 nitrogen and oxygen atoms in total. The highest BCUT2D eigenvalue weighted by Gasteiger charge is 2.23. The minimum Gasteiger partial charge on any atom is -0.370 e. The van der Waals surface area contributed by atoms with E-state index in [-0.39, 0.29) is 12.3 Å². The van der Waals surface area contributed by atoms with E-state index in [4.69, 9.17) is 12.9 Å². The number of carbonyl (C=O) groups is 3. The highest BCUT2D eigenvalue weighted by Crippen LogP contribution is 2.04. The van der Waals surface area contributed by atoms with Gasteiger partial charge in [0.25, 0.3) is 0 Å². The summed E-state index contributed by atoms with van der Waals surface area (Å²) in [6.07, 6.45) is 0.0743. The van der Waals surface area contributed by atoms with Gasteiger partial charge in [-0.25, -0.2) is 0 Å². The second-order valence-electron chi connectivity index (χ2n) is 4.32. The number of nitrogens with two attached hydrogens (primary N) is 3. The SMILES string of the molecule is [2H]N[C@@H](CC(N)=O)C(=O)N[C@@H](CC(C)C)C(N)=O. The van der Waals surface area contributed by atoms with Crippen molar-refractivity contribution < 1.29 is 15.8 Å². The Hall–Kier alpha value is -1.63. The van der Waals surface area contributed by atoms with Crippen LogP contribution in [0, 0.1) is 5.92 Å². The Labute approximate surface area is 102 Å². The van der Waals surface area contributed by atoms with Crippen molar-refractivity contribution in [1.29, 1.82) is 0 Å². The van der Waals surface area contributed by atoms with Crippen LogP contribution in [0.15, 0.2) is 0 Å². The highest BCUT2D eigenvalue weighted by molar-refractivity contribution is 5.91. The van der Waals surface area contributed by atoms with E-state index in [9.17, 15) is 14.4 Å². The van der Waals surface area contributed by atoms with Crippen LogP contribution in [0.1, 0.15) is 26.7 Å². The third-order valence-electron chi connectivity index (χ3n) is 2.09. The normalized spacial score (nSPS) is 14.9. The summed E-state index contributed by atoms with van der Waals surface area (Å²) < 4.78 is 6.94. The molecular weight excluding hydrogens is 224 g/mol. The van der Waals surface area contributed by atoms with E-state index < -0.39 is 29.8 Å². The largest absolute Gasteiger partial charge is 0.370 e. The van der Waals surface area contributed by atoms with Gasteiger partial charge in [-0.05, 0) is 12.3 Å². The molecule has 0 rings (SSSR count). The molecule has 0 aromatic rings. The molecule has 0 radical (unpaired) electrons. The number of amides is 3. The minimum atomic E-state index is -1.09. The molecule has 2 atom stereocenters. The minimum absolute atomic E-state index is 0.168. The van der Waals surface area contributed by atoms with Crippen molar-refractivity contribution in [2.75, 3.05) is 0 Å². The molecule has 0 saturated heterocycles. The molecule has 0 fully saturated rings. The average molecular weight is 245 g/mol. The predicted molar refractivity (Wildman–Crippen MR) is 62.4 cm³/mol. The zero-order valence-corrected chi connectivity index (χ0v) is 10.0. The van der Waals surface area contributed by atoms with Crippen LogP contribution in [0.5, 0.6) is 0 Å². The fourth-order valence-corrected chi connectivity index (χ4v) is 1.28. The van der Waals surface area contributed by atoms with Crippen molar-refractivity contribution in [2.45, 2.75) is 38.8 Å². The molecule has 0 aromatic carbocycles. The maximum Gasteiger partial charge on any atom is 0.240 e. The Morgan fingerprint density at radius 1 is 1.29 bits per heavy atom. The van der Waals surface area contributed by atoms with Crippen LogP contribution in [-0.2, 0) is 14.4 Å². The van der Waals surface area contributed by atoms with Crippen LogP contribution < -0.4 is 22.5 Å². The Kier molecular flexibility index (Phi) is 5.41. The van der Waals surface area contributed by atoms with Gasteiger partial charge in [-0.15, -0.1) is 0 Å². The van der Waals surface area contributed by atoms with Crippen LogP contribution in [0.4, 0.5) is 0 Å². The molecule has 0 spiro atoms. The zero-order valence-electron chi connectivity index (χ0n) is 11.0. The lowest BCUT2D eigenvalue weighted by Crippen LogP contribution is -2.51. The number of nitrogens with one attached hydrogen (secondary N) is 1. The fraction of sp³-hybridized carbons (Fsp3) is 0.700. The lowest BCUT2D eigenvalue weighted by atomic mass is 10.0. The molecule has 0 unspecified atom stereocenters. The maximum atomic E-state index is 11.7. The van der Waals surface area contributed by atoms with Crippen LogP contribution in [0.3, 0.4) is 0 Å². The number of hydrogen-bond acceptors (Lipinski definition) is 4. The maximum absolute atomic E-state index is 11.7. The Morgan fingerprint density at radius 3 is 2.24 bits per heavy atom. The fourth-order valence-electron chi connectivity index (χ4n) is 1.28. The standard InChI is InChI=1S/C10H20N4O3/c1-5(2)3-7(9(13)16)14-10(17)6(11)4-8(12)15/h5-7H,3-4,11H2,1-2H3,(H2,12,15)(H2,13,16)(H,14,17)/t6-,7-/m0/s1/i/hD. The predicted octanol–water partition coefficient (Wildman–Crippen LogP) is -1.79. The molecule has 0 heterocycles. The van der Waals surface area contributed by atoms with Crippen molar-refractivity contribution in [1.82, 2.24) is 5.32 Å². The third-order valence-corrected chi connectivity index (χ3v) is 2.09. The van der Waals surface area contributed by atoms with E-state index in [0.29, 0.717) is 6.42 Å². The summed E-state index contributed by atoms with van der Waals surface area (Å²) in [6, 6.07) is -1.90. The molecule has 17 heavy (non-hydrogen) atoms. The van der Waals surface area contributed by atoms with Gasteiger partial charge in [0.2, 0.25) is 17.7 Å². The molecule has 0 aliphatic carbocycles. The molecule has 7 heteroatoms. The smallest absolute Gasteiger partial charge is 0.240 e. The van der Waals surface area contributed by atoms with Crippen molar-refractivity contribution in [3.05, 3.63) is 0 Å². The van der Waals surface area contributed by atoms with E-state index in [1.165, 1.54) is 0 Å². The molecule has 3 amide bonds. The second-order valence-corrected chi connectivity index (χ2v) is 4.32. The van der Waals surface area contributed by atoms with Gasteiger partial charge < -0.3 is 22.5 Å². The molecular formula is C10H20N4O3.